The lowest BCUT2D eigenvalue weighted by Crippen LogP contribution is -2.42. The molecule has 0 aliphatic carbocycles. The van der Waals surface area contributed by atoms with Gasteiger partial charge in [-0.2, -0.15) is 9.61 Å². The van der Waals surface area contributed by atoms with Gasteiger partial charge in [-0.15, -0.1) is 0 Å². The van der Waals surface area contributed by atoms with Crippen LogP contribution in [0.25, 0.3) is 16.9 Å². The molecule has 0 bridgehead atoms. The van der Waals surface area contributed by atoms with Gasteiger partial charge in [0.1, 0.15) is 17.6 Å². The number of ether oxygens (including phenoxy) is 1. The van der Waals surface area contributed by atoms with E-state index in [2.05, 4.69) is 25.7 Å². The summed E-state index contributed by atoms with van der Waals surface area (Å²) in [6, 6.07) is 5.33. The molecule has 0 saturated heterocycles. The first-order chi connectivity index (χ1) is 14.6. The van der Waals surface area contributed by atoms with Gasteiger partial charge in [-0.1, -0.05) is 0 Å². The molecule has 3 rings (SSSR count). The molecule has 0 aliphatic rings. The maximum Gasteiger partial charge on any atom is 0.256 e. The van der Waals surface area contributed by atoms with Crippen LogP contribution in [0.4, 0.5) is 10.2 Å². The average molecular weight is 430 g/mol. The summed E-state index contributed by atoms with van der Waals surface area (Å²) in [5, 5.41) is 20.1. The normalized spacial score (nSPS) is 12.8. The van der Waals surface area contributed by atoms with Crippen molar-refractivity contribution in [1.82, 2.24) is 24.9 Å². The van der Waals surface area contributed by atoms with Gasteiger partial charge in [0.15, 0.2) is 5.65 Å². The number of alkyl halides is 1. The lowest BCUT2D eigenvalue weighted by atomic mass is 10.0. The fourth-order valence-electron chi connectivity index (χ4n) is 2.86. The third-order valence-electron chi connectivity index (χ3n) is 4.60. The Kier molecular flexibility index (Phi) is 6.40. The van der Waals surface area contributed by atoms with Crippen LogP contribution in [0.5, 0.6) is 5.88 Å². The monoisotopic (exact) mass is 430 g/mol. The first kappa shape index (κ1) is 22.4. The summed E-state index contributed by atoms with van der Waals surface area (Å²) in [5.74, 6) is 0.367. The summed E-state index contributed by atoms with van der Waals surface area (Å²) in [5.41, 5.74) is 0.598. The van der Waals surface area contributed by atoms with Crippen LogP contribution in [0, 0.1) is 0 Å². The topological polar surface area (TPSA) is 114 Å². The summed E-state index contributed by atoms with van der Waals surface area (Å²) in [6.07, 6.45) is 1.42. The van der Waals surface area contributed by atoms with Gasteiger partial charge in [-0.05, 0) is 33.8 Å². The second-order valence-electron chi connectivity index (χ2n) is 8.04. The van der Waals surface area contributed by atoms with E-state index in [0.29, 0.717) is 23.0 Å². The largest absolute Gasteiger partial charge is 0.481 e. The summed E-state index contributed by atoms with van der Waals surface area (Å²) < 4.78 is 20.8. The van der Waals surface area contributed by atoms with E-state index < -0.39 is 17.7 Å². The third-order valence-corrected chi connectivity index (χ3v) is 4.60. The number of amides is 1. The van der Waals surface area contributed by atoms with Crippen LogP contribution in [0.3, 0.4) is 0 Å². The molecule has 0 spiro atoms. The predicted octanol–water partition coefficient (Wildman–Crippen LogP) is 2.46. The van der Waals surface area contributed by atoms with Crippen LogP contribution in [-0.2, 0) is 0 Å². The average Bonchev–Trinajstić information content (AvgIpc) is 3.16. The highest BCUT2D eigenvalue weighted by Gasteiger charge is 2.27. The molecule has 0 unspecified atom stereocenters. The zero-order valence-electron chi connectivity index (χ0n) is 18.2. The molecule has 31 heavy (non-hydrogen) atoms. The Hall–Kier alpha value is -3.27. The van der Waals surface area contributed by atoms with Crippen molar-refractivity contribution in [2.45, 2.75) is 45.5 Å². The van der Waals surface area contributed by atoms with Gasteiger partial charge in [0, 0.05) is 36.1 Å². The van der Waals surface area contributed by atoms with E-state index in [1.807, 2.05) is 13.8 Å². The molecule has 0 saturated carbocycles. The molecule has 10 heteroatoms. The molecule has 1 amide bonds. The maximum atomic E-state index is 14.1. The van der Waals surface area contributed by atoms with E-state index in [4.69, 9.17) is 4.74 Å². The van der Waals surface area contributed by atoms with Crippen LogP contribution < -0.4 is 15.4 Å². The molecule has 0 fully saturated rings. The van der Waals surface area contributed by atoms with E-state index in [9.17, 15) is 14.3 Å². The molecule has 166 valence electrons. The van der Waals surface area contributed by atoms with Crippen molar-refractivity contribution in [3.63, 3.8) is 0 Å². The van der Waals surface area contributed by atoms with Gasteiger partial charge in [0.2, 0.25) is 5.88 Å². The minimum absolute atomic E-state index is 0.00359. The summed E-state index contributed by atoms with van der Waals surface area (Å²) in [7, 11) is 1.53. The number of methoxy groups -OCH3 is 1. The van der Waals surface area contributed by atoms with Crippen molar-refractivity contribution in [2.24, 2.45) is 0 Å². The highest BCUT2D eigenvalue weighted by atomic mass is 19.1. The van der Waals surface area contributed by atoms with E-state index in [1.165, 1.54) is 27.2 Å². The number of aromatic nitrogens is 4. The molecular formula is C21H27FN6O3. The second-order valence-corrected chi connectivity index (χ2v) is 8.04. The molecule has 3 heterocycles. The predicted molar refractivity (Wildman–Crippen MR) is 115 cm³/mol. The molecule has 3 N–H and O–H groups in total. The van der Waals surface area contributed by atoms with E-state index in [1.54, 1.807) is 28.9 Å². The Labute approximate surface area is 179 Å². The van der Waals surface area contributed by atoms with E-state index >= 15 is 0 Å². The molecule has 0 aromatic carbocycles. The van der Waals surface area contributed by atoms with Crippen LogP contribution in [-0.4, -0.2) is 62.1 Å². The van der Waals surface area contributed by atoms with Crippen molar-refractivity contribution in [3.8, 4) is 17.1 Å². The second kappa shape index (κ2) is 8.84. The number of aliphatic hydroxyl groups is 1. The highest BCUT2D eigenvalue weighted by Crippen LogP contribution is 2.25. The molecule has 0 aliphatic heterocycles. The Morgan fingerprint density at radius 3 is 2.71 bits per heavy atom. The fraction of sp³-hybridized carbons (Fsp3) is 0.429. The minimum atomic E-state index is -1.62. The lowest BCUT2D eigenvalue weighted by Gasteiger charge is -2.22. The smallest absolute Gasteiger partial charge is 0.256 e. The van der Waals surface area contributed by atoms with Gasteiger partial charge in [0.25, 0.3) is 5.91 Å². The van der Waals surface area contributed by atoms with Crippen molar-refractivity contribution in [2.75, 3.05) is 19.0 Å². The van der Waals surface area contributed by atoms with Crippen LogP contribution in [0.15, 0.2) is 30.6 Å². The fourth-order valence-corrected chi connectivity index (χ4v) is 2.86. The van der Waals surface area contributed by atoms with Crippen molar-refractivity contribution >= 4 is 17.4 Å². The highest BCUT2D eigenvalue weighted by molar-refractivity contribution is 5.99. The standard InChI is InChI=1S/C21H27FN6O3/c1-12(2)26-19-14(20(29)25-11-16(22)21(3,4)30)10-24-17-9-15(27-28(17)19)13-6-7-23-18(8-13)31-5/h6-10,12,16,26,30H,11H2,1-5H3,(H,25,29)/t16-/m1/s1. The van der Waals surface area contributed by atoms with E-state index in [0.717, 1.165) is 5.56 Å². The van der Waals surface area contributed by atoms with Crippen molar-refractivity contribution in [3.05, 3.63) is 36.2 Å². The van der Waals surface area contributed by atoms with Crippen molar-refractivity contribution in [1.29, 1.82) is 0 Å². The number of carbonyl (C=O) groups is 1. The number of anilines is 1. The van der Waals surface area contributed by atoms with Gasteiger partial charge in [-0.3, -0.25) is 4.79 Å². The SMILES string of the molecule is COc1cc(-c2cc3ncc(C(=O)NC[C@@H](F)C(C)(C)O)c(NC(C)C)n3n2)ccn1. The number of nitrogens with zero attached hydrogens (tertiary/aromatic N) is 4. The first-order valence-corrected chi connectivity index (χ1v) is 9.90. The molecule has 3 aromatic rings. The first-order valence-electron chi connectivity index (χ1n) is 9.90. The van der Waals surface area contributed by atoms with Gasteiger partial charge < -0.3 is 20.5 Å². The van der Waals surface area contributed by atoms with Gasteiger partial charge in [0.05, 0.1) is 24.9 Å². The molecule has 0 radical (unpaired) electrons. The molecule has 3 aromatic heterocycles. The zero-order chi connectivity index (χ0) is 22.8. The van der Waals surface area contributed by atoms with Crippen LogP contribution >= 0.6 is 0 Å². The molecular weight excluding hydrogens is 403 g/mol. The number of hydrogen-bond acceptors (Lipinski definition) is 7. The molecule has 9 nitrogen and oxygen atoms in total. The minimum Gasteiger partial charge on any atom is -0.481 e. The summed E-state index contributed by atoms with van der Waals surface area (Å²) in [4.78, 5) is 21.2. The zero-order valence-corrected chi connectivity index (χ0v) is 18.2. The Balaban J connectivity index is 1.99. The summed E-state index contributed by atoms with van der Waals surface area (Å²) in [6.45, 7) is 6.23. The van der Waals surface area contributed by atoms with Crippen LogP contribution in [0.1, 0.15) is 38.1 Å². The number of hydrogen-bond donors (Lipinski definition) is 3. The Bertz CT molecular complexity index is 1080. The number of halogens is 1. The quantitative estimate of drug-likeness (QED) is 0.503. The number of carbonyl (C=O) groups excluding carboxylic acids is 1. The van der Waals surface area contributed by atoms with Gasteiger partial charge >= 0.3 is 0 Å². The summed E-state index contributed by atoms with van der Waals surface area (Å²) >= 11 is 0. The lowest BCUT2D eigenvalue weighted by molar-refractivity contribution is -0.00177. The number of fused-ring (bicyclic) bond motifs is 1. The van der Waals surface area contributed by atoms with Gasteiger partial charge in [-0.25, -0.2) is 14.4 Å². The third kappa shape index (κ3) is 5.08. The Morgan fingerprint density at radius 1 is 1.32 bits per heavy atom. The van der Waals surface area contributed by atoms with Crippen molar-refractivity contribution < 1.29 is 19.0 Å². The molecule has 1 atom stereocenters. The van der Waals surface area contributed by atoms with Crippen LogP contribution in [0.2, 0.25) is 0 Å². The Morgan fingerprint density at radius 2 is 2.06 bits per heavy atom. The number of rotatable bonds is 8. The van der Waals surface area contributed by atoms with E-state index in [-0.39, 0.29) is 18.2 Å². The number of pyridine rings is 1. The number of nitrogens with one attached hydrogen (secondary N) is 2. The maximum absolute atomic E-state index is 14.1.